The van der Waals surface area contributed by atoms with Gasteiger partial charge in [-0.25, -0.2) is 18.3 Å². The topological polar surface area (TPSA) is 118 Å². The Morgan fingerprint density at radius 1 is 1.15 bits per heavy atom. The van der Waals surface area contributed by atoms with Crippen molar-refractivity contribution in [2.75, 3.05) is 6.54 Å². The molecule has 0 aliphatic rings. The predicted octanol–water partition coefficient (Wildman–Crippen LogP) is 0.229. The van der Waals surface area contributed by atoms with Crippen LogP contribution in [0.1, 0.15) is 31.9 Å². The molecule has 0 heterocycles. The van der Waals surface area contributed by atoms with Crippen molar-refractivity contribution in [3.8, 4) is 0 Å². The zero-order valence-corrected chi connectivity index (χ0v) is 13.0. The van der Waals surface area contributed by atoms with E-state index < -0.39 is 26.3 Å². The van der Waals surface area contributed by atoms with Crippen molar-refractivity contribution in [1.29, 1.82) is 0 Å². The molecule has 0 bridgehead atoms. The van der Waals surface area contributed by atoms with Crippen LogP contribution in [0.2, 0.25) is 0 Å². The molecule has 0 aliphatic heterocycles. The van der Waals surface area contributed by atoms with E-state index in [-0.39, 0.29) is 4.90 Å². The normalized spacial score (nSPS) is 14.2. The van der Waals surface area contributed by atoms with Crippen LogP contribution < -0.4 is 14.6 Å². The van der Waals surface area contributed by atoms with Crippen molar-refractivity contribution in [2.24, 2.45) is 5.14 Å². The SMILES string of the molecule is CCCNS(=O)(=O)NC(C)c1ccc(S(N)(=O)=O)cc1. The molecule has 0 saturated heterocycles. The summed E-state index contributed by atoms with van der Waals surface area (Å²) >= 11 is 0. The Bertz CT molecular complexity index is 639. The second-order valence-electron chi connectivity index (χ2n) is 4.35. The van der Waals surface area contributed by atoms with Gasteiger partial charge in [-0.2, -0.15) is 13.1 Å². The first-order valence-corrected chi connectivity index (χ1v) is 9.08. The molecule has 1 atom stereocenters. The lowest BCUT2D eigenvalue weighted by Crippen LogP contribution is -2.38. The van der Waals surface area contributed by atoms with E-state index in [1.807, 2.05) is 6.92 Å². The molecule has 1 aromatic carbocycles. The first kappa shape index (κ1) is 17.1. The van der Waals surface area contributed by atoms with Gasteiger partial charge < -0.3 is 0 Å². The van der Waals surface area contributed by atoms with E-state index in [4.69, 9.17) is 5.14 Å². The van der Waals surface area contributed by atoms with Gasteiger partial charge in [0.25, 0.3) is 10.2 Å². The second kappa shape index (κ2) is 6.64. The lowest BCUT2D eigenvalue weighted by atomic mass is 10.1. The summed E-state index contributed by atoms with van der Waals surface area (Å²) in [5, 5.41) is 4.99. The summed E-state index contributed by atoms with van der Waals surface area (Å²) in [5.41, 5.74) is 0.638. The molecule has 0 radical (unpaired) electrons. The van der Waals surface area contributed by atoms with Gasteiger partial charge in [-0.05, 0) is 31.0 Å². The van der Waals surface area contributed by atoms with Gasteiger partial charge in [0.2, 0.25) is 10.0 Å². The first-order chi connectivity index (χ1) is 9.15. The van der Waals surface area contributed by atoms with Crippen molar-refractivity contribution < 1.29 is 16.8 Å². The van der Waals surface area contributed by atoms with E-state index in [0.29, 0.717) is 18.5 Å². The van der Waals surface area contributed by atoms with E-state index in [9.17, 15) is 16.8 Å². The summed E-state index contributed by atoms with van der Waals surface area (Å²) in [4.78, 5) is -0.0135. The van der Waals surface area contributed by atoms with Gasteiger partial charge in [0.1, 0.15) is 0 Å². The van der Waals surface area contributed by atoms with Crippen LogP contribution in [0.15, 0.2) is 29.2 Å². The van der Waals surface area contributed by atoms with Gasteiger partial charge in [0, 0.05) is 12.6 Å². The number of benzene rings is 1. The van der Waals surface area contributed by atoms with Crippen LogP contribution >= 0.6 is 0 Å². The third-order valence-electron chi connectivity index (χ3n) is 2.58. The fourth-order valence-electron chi connectivity index (χ4n) is 1.53. The van der Waals surface area contributed by atoms with Gasteiger partial charge in [0.15, 0.2) is 0 Å². The highest BCUT2D eigenvalue weighted by atomic mass is 32.2. The van der Waals surface area contributed by atoms with Crippen LogP contribution in [0.4, 0.5) is 0 Å². The van der Waals surface area contributed by atoms with Gasteiger partial charge >= 0.3 is 0 Å². The van der Waals surface area contributed by atoms with E-state index in [1.165, 1.54) is 24.3 Å². The number of nitrogens with one attached hydrogen (secondary N) is 2. The highest BCUT2D eigenvalue weighted by Crippen LogP contribution is 2.15. The molecular formula is C11H19N3O4S2. The van der Waals surface area contributed by atoms with Gasteiger partial charge in [-0.15, -0.1) is 0 Å². The Balaban J connectivity index is 2.81. The van der Waals surface area contributed by atoms with Crippen molar-refractivity contribution in [1.82, 2.24) is 9.44 Å². The molecule has 0 amide bonds. The van der Waals surface area contributed by atoms with Gasteiger partial charge in [-0.1, -0.05) is 19.1 Å². The summed E-state index contributed by atoms with van der Waals surface area (Å²) in [6.07, 6.45) is 0.693. The quantitative estimate of drug-likeness (QED) is 0.666. The number of sulfonamides is 1. The molecule has 7 nitrogen and oxygen atoms in total. The van der Waals surface area contributed by atoms with Crippen molar-refractivity contribution in [2.45, 2.75) is 31.2 Å². The standard InChI is InChI=1S/C11H19N3O4S2/c1-3-8-13-20(17,18)14-9(2)10-4-6-11(7-5-10)19(12,15)16/h4-7,9,13-14H,3,8H2,1-2H3,(H2,12,15,16). The van der Waals surface area contributed by atoms with Gasteiger partial charge in [-0.3, -0.25) is 0 Å². The third-order valence-corrected chi connectivity index (χ3v) is 4.76. The minimum absolute atomic E-state index is 0.0135. The second-order valence-corrected chi connectivity index (χ2v) is 7.44. The molecule has 1 aromatic rings. The highest BCUT2D eigenvalue weighted by molar-refractivity contribution is 7.89. The smallest absolute Gasteiger partial charge is 0.225 e. The fraction of sp³-hybridized carbons (Fsp3) is 0.455. The fourth-order valence-corrected chi connectivity index (χ4v) is 3.20. The summed E-state index contributed by atoms with van der Waals surface area (Å²) < 4.78 is 50.4. The minimum atomic E-state index is -3.74. The lowest BCUT2D eigenvalue weighted by Gasteiger charge is -2.15. The van der Waals surface area contributed by atoms with Crippen LogP contribution in [-0.2, 0) is 20.2 Å². The molecule has 1 unspecified atom stereocenters. The Labute approximate surface area is 119 Å². The minimum Gasteiger partial charge on any atom is -0.225 e. The first-order valence-electron chi connectivity index (χ1n) is 6.05. The molecule has 9 heteroatoms. The molecule has 114 valence electrons. The van der Waals surface area contributed by atoms with Crippen LogP contribution in [0, 0.1) is 0 Å². The Hall–Kier alpha value is -1.00. The van der Waals surface area contributed by atoms with Crippen LogP contribution in [-0.4, -0.2) is 23.4 Å². The summed E-state index contributed by atoms with van der Waals surface area (Å²) in [7, 11) is -7.32. The molecule has 4 N–H and O–H groups in total. The van der Waals surface area contributed by atoms with Crippen LogP contribution in [0.3, 0.4) is 0 Å². The zero-order valence-electron chi connectivity index (χ0n) is 11.3. The summed E-state index contributed by atoms with van der Waals surface area (Å²) in [5.74, 6) is 0. The predicted molar refractivity (Wildman–Crippen MR) is 76.6 cm³/mol. The molecule has 0 spiro atoms. The highest BCUT2D eigenvalue weighted by Gasteiger charge is 2.15. The lowest BCUT2D eigenvalue weighted by molar-refractivity contribution is 0.551. The molecule has 20 heavy (non-hydrogen) atoms. The average Bonchev–Trinajstić information content (AvgIpc) is 2.35. The molecule has 0 fully saturated rings. The largest absolute Gasteiger partial charge is 0.277 e. The maximum Gasteiger partial charge on any atom is 0.277 e. The van der Waals surface area contributed by atoms with Crippen molar-refractivity contribution in [3.05, 3.63) is 29.8 Å². The molecule has 0 aromatic heterocycles. The molecular weight excluding hydrogens is 302 g/mol. The number of hydrogen-bond donors (Lipinski definition) is 3. The van der Waals surface area contributed by atoms with Crippen LogP contribution in [0.5, 0.6) is 0 Å². The summed E-state index contributed by atoms with van der Waals surface area (Å²) in [6, 6.07) is 5.24. The number of primary sulfonamides is 1. The number of nitrogens with two attached hydrogens (primary N) is 1. The van der Waals surface area contributed by atoms with E-state index >= 15 is 0 Å². The Kier molecular flexibility index (Phi) is 5.66. The Morgan fingerprint density at radius 2 is 1.70 bits per heavy atom. The van der Waals surface area contributed by atoms with E-state index in [0.717, 1.165) is 0 Å². The maximum absolute atomic E-state index is 11.7. The molecule has 0 aliphatic carbocycles. The van der Waals surface area contributed by atoms with Crippen LogP contribution in [0.25, 0.3) is 0 Å². The van der Waals surface area contributed by atoms with Crippen molar-refractivity contribution in [3.63, 3.8) is 0 Å². The maximum atomic E-state index is 11.7. The van der Waals surface area contributed by atoms with Gasteiger partial charge in [0.05, 0.1) is 4.90 Å². The molecule has 1 rings (SSSR count). The number of hydrogen-bond acceptors (Lipinski definition) is 4. The third kappa shape index (κ3) is 5.17. The zero-order chi connectivity index (χ0) is 15.4. The summed E-state index contributed by atoms with van der Waals surface area (Å²) in [6.45, 7) is 3.88. The monoisotopic (exact) mass is 321 g/mol. The molecule has 0 saturated carbocycles. The Morgan fingerprint density at radius 3 is 2.15 bits per heavy atom. The van der Waals surface area contributed by atoms with Crippen molar-refractivity contribution >= 4 is 20.2 Å². The van der Waals surface area contributed by atoms with E-state index in [2.05, 4.69) is 9.44 Å². The van der Waals surface area contributed by atoms with E-state index in [1.54, 1.807) is 6.92 Å². The average molecular weight is 321 g/mol. The number of rotatable bonds is 7.